The lowest BCUT2D eigenvalue weighted by molar-refractivity contribution is 0.277. The van der Waals surface area contributed by atoms with Crippen LogP contribution in [0.5, 0.6) is 6.01 Å². The third-order valence-corrected chi connectivity index (χ3v) is 3.08. The summed E-state index contributed by atoms with van der Waals surface area (Å²) < 4.78 is 18.6. The molecule has 0 fully saturated rings. The second-order valence-electron chi connectivity index (χ2n) is 4.75. The summed E-state index contributed by atoms with van der Waals surface area (Å²) in [5.74, 6) is -0.421. The van der Waals surface area contributed by atoms with E-state index < -0.39 is 5.82 Å². The maximum absolute atomic E-state index is 13.1. The van der Waals surface area contributed by atoms with Crippen molar-refractivity contribution in [2.24, 2.45) is 0 Å². The standard InChI is InChI=1S/C15H17FN2O/c1-9-5-10(2)13(11(3)6-9)8-19-15-17-7-14(16)12(4)18-15/h5-7H,8H2,1-4H3. The van der Waals surface area contributed by atoms with Gasteiger partial charge in [0.1, 0.15) is 6.61 Å². The van der Waals surface area contributed by atoms with Crippen LogP contribution in [0.1, 0.15) is 27.9 Å². The fourth-order valence-electron chi connectivity index (χ4n) is 2.07. The Kier molecular flexibility index (Phi) is 3.79. The molecule has 1 heterocycles. The second kappa shape index (κ2) is 5.34. The van der Waals surface area contributed by atoms with E-state index in [1.165, 1.54) is 16.7 Å². The minimum Gasteiger partial charge on any atom is -0.459 e. The number of aromatic nitrogens is 2. The largest absolute Gasteiger partial charge is 0.459 e. The molecule has 0 aliphatic carbocycles. The molecule has 0 radical (unpaired) electrons. The number of halogens is 1. The third kappa shape index (κ3) is 3.08. The van der Waals surface area contributed by atoms with E-state index in [-0.39, 0.29) is 6.01 Å². The van der Waals surface area contributed by atoms with E-state index in [0.29, 0.717) is 12.3 Å². The highest BCUT2D eigenvalue weighted by atomic mass is 19.1. The molecular weight excluding hydrogens is 243 g/mol. The van der Waals surface area contributed by atoms with Crippen molar-refractivity contribution in [1.82, 2.24) is 9.97 Å². The van der Waals surface area contributed by atoms with Crippen LogP contribution in [0, 0.1) is 33.5 Å². The van der Waals surface area contributed by atoms with Crippen molar-refractivity contribution < 1.29 is 9.13 Å². The van der Waals surface area contributed by atoms with Crippen LogP contribution in [0.25, 0.3) is 0 Å². The van der Waals surface area contributed by atoms with Crippen molar-refractivity contribution in [3.8, 4) is 6.01 Å². The first-order valence-electron chi connectivity index (χ1n) is 6.16. The van der Waals surface area contributed by atoms with Crippen LogP contribution in [0.15, 0.2) is 18.3 Å². The molecule has 0 aliphatic rings. The third-order valence-electron chi connectivity index (χ3n) is 3.08. The summed E-state index contributed by atoms with van der Waals surface area (Å²) in [5, 5.41) is 0. The quantitative estimate of drug-likeness (QED) is 0.848. The monoisotopic (exact) mass is 260 g/mol. The van der Waals surface area contributed by atoms with E-state index in [1.54, 1.807) is 6.92 Å². The molecule has 1 aromatic carbocycles. The summed E-state index contributed by atoms with van der Waals surface area (Å²) >= 11 is 0. The molecule has 0 bridgehead atoms. The molecule has 0 aliphatic heterocycles. The van der Waals surface area contributed by atoms with Gasteiger partial charge in [0, 0.05) is 0 Å². The molecule has 19 heavy (non-hydrogen) atoms. The first-order chi connectivity index (χ1) is 8.97. The lowest BCUT2D eigenvalue weighted by atomic mass is 10.0. The molecule has 4 heteroatoms. The van der Waals surface area contributed by atoms with Crippen molar-refractivity contribution in [2.45, 2.75) is 34.3 Å². The predicted molar refractivity (Wildman–Crippen MR) is 71.7 cm³/mol. The average molecular weight is 260 g/mol. The van der Waals surface area contributed by atoms with Crippen molar-refractivity contribution >= 4 is 0 Å². The Hall–Kier alpha value is -1.97. The number of ether oxygens (including phenoxy) is 1. The van der Waals surface area contributed by atoms with Crippen LogP contribution in [0.4, 0.5) is 4.39 Å². The lowest BCUT2D eigenvalue weighted by Crippen LogP contribution is -2.05. The Morgan fingerprint density at radius 3 is 2.32 bits per heavy atom. The maximum Gasteiger partial charge on any atom is 0.317 e. The van der Waals surface area contributed by atoms with Crippen LogP contribution in [-0.4, -0.2) is 9.97 Å². The Morgan fingerprint density at radius 1 is 1.11 bits per heavy atom. The summed E-state index contributed by atoms with van der Waals surface area (Å²) in [7, 11) is 0. The molecule has 2 rings (SSSR count). The Bertz CT molecular complexity index is 588. The first-order valence-corrected chi connectivity index (χ1v) is 6.16. The zero-order chi connectivity index (χ0) is 14.0. The van der Waals surface area contributed by atoms with E-state index in [1.807, 2.05) is 0 Å². The van der Waals surface area contributed by atoms with Gasteiger partial charge in [-0.05, 0) is 44.4 Å². The van der Waals surface area contributed by atoms with Gasteiger partial charge in [0.05, 0.1) is 11.9 Å². The van der Waals surface area contributed by atoms with Crippen LogP contribution in [0.3, 0.4) is 0 Å². The molecule has 0 amide bonds. The number of hydrogen-bond donors (Lipinski definition) is 0. The summed E-state index contributed by atoms with van der Waals surface area (Å²) in [6, 6.07) is 4.43. The number of hydrogen-bond acceptors (Lipinski definition) is 3. The maximum atomic E-state index is 13.1. The zero-order valence-corrected chi connectivity index (χ0v) is 11.6. The average Bonchev–Trinajstić information content (AvgIpc) is 2.32. The van der Waals surface area contributed by atoms with Crippen LogP contribution in [-0.2, 0) is 6.61 Å². The van der Waals surface area contributed by atoms with Gasteiger partial charge in [0.15, 0.2) is 5.82 Å². The SMILES string of the molecule is Cc1cc(C)c(COc2ncc(F)c(C)n2)c(C)c1. The fraction of sp³-hybridized carbons (Fsp3) is 0.333. The van der Waals surface area contributed by atoms with Gasteiger partial charge in [-0.1, -0.05) is 17.7 Å². The van der Waals surface area contributed by atoms with Gasteiger partial charge in [-0.25, -0.2) is 9.37 Å². The van der Waals surface area contributed by atoms with Crippen LogP contribution in [0.2, 0.25) is 0 Å². The predicted octanol–water partition coefficient (Wildman–Crippen LogP) is 3.43. The van der Waals surface area contributed by atoms with E-state index in [0.717, 1.165) is 11.8 Å². The molecule has 0 unspecified atom stereocenters. The molecule has 2 aromatic rings. The van der Waals surface area contributed by atoms with E-state index in [2.05, 4.69) is 42.9 Å². The number of benzene rings is 1. The van der Waals surface area contributed by atoms with E-state index in [4.69, 9.17) is 4.74 Å². The van der Waals surface area contributed by atoms with Crippen LogP contribution < -0.4 is 4.74 Å². The van der Waals surface area contributed by atoms with Gasteiger partial charge in [-0.2, -0.15) is 4.98 Å². The second-order valence-corrected chi connectivity index (χ2v) is 4.75. The highest BCUT2D eigenvalue weighted by Gasteiger charge is 2.07. The Labute approximate surface area is 112 Å². The minimum absolute atomic E-state index is 0.207. The van der Waals surface area contributed by atoms with E-state index >= 15 is 0 Å². The Balaban J connectivity index is 2.16. The fourth-order valence-corrected chi connectivity index (χ4v) is 2.07. The smallest absolute Gasteiger partial charge is 0.317 e. The van der Waals surface area contributed by atoms with Crippen molar-refractivity contribution in [2.75, 3.05) is 0 Å². The molecule has 1 aromatic heterocycles. The molecule has 0 N–H and O–H groups in total. The van der Waals surface area contributed by atoms with Gasteiger partial charge in [0.2, 0.25) is 0 Å². The summed E-state index contributed by atoms with van der Waals surface area (Å²) in [6.45, 7) is 8.15. The first kappa shape index (κ1) is 13.5. The molecular formula is C15H17FN2O. The summed E-state index contributed by atoms with van der Waals surface area (Å²) in [4.78, 5) is 7.78. The topological polar surface area (TPSA) is 35.0 Å². The molecule has 3 nitrogen and oxygen atoms in total. The van der Waals surface area contributed by atoms with Crippen molar-refractivity contribution in [1.29, 1.82) is 0 Å². The minimum atomic E-state index is -0.421. The van der Waals surface area contributed by atoms with Crippen molar-refractivity contribution in [3.63, 3.8) is 0 Å². The van der Waals surface area contributed by atoms with E-state index in [9.17, 15) is 4.39 Å². The molecule has 0 spiro atoms. The summed E-state index contributed by atoms with van der Waals surface area (Å²) in [5.41, 5.74) is 5.00. The molecule has 0 saturated carbocycles. The zero-order valence-electron chi connectivity index (χ0n) is 11.6. The normalized spacial score (nSPS) is 10.6. The van der Waals surface area contributed by atoms with Crippen LogP contribution >= 0.6 is 0 Å². The number of nitrogens with zero attached hydrogens (tertiary/aromatic N) is 2. The Morgan fingerprint density at radius 2 is 1.74 bits per heavy atom. The van der Waals surface area contributed by atoms with Gasteiger partial charge in [-0.15, -0.1) is 0 Å². The molecule has 0 atom stereocenters. The van der Waals surface area contributed by atoms with Gasteiger partial charge < -0.3 is 4.74 Å². The van der Waals surface area contributed by atoms with Gasteiger partial charge in [0.25, 0.3) is 0 Å². The van der Waals surface area contributed by atoms with Gasteiger partial charge in [-0.3, -0.25) is 0 Å². The highest BCUT2D eigenvalue weighted by molar-refractivity contribution is 5.37. The number of aryl methyl sites for hydroxylation is 4. The molecule has 100 valence electrons. The summed E-state index contributed by atoms with van der Waals surface area (Å²) in [6.07, 6.45) is 1.13. The lowest BCUT2D eigenvalue weighted by Gasteiger charge is -2.12. The molecule has 0 saturated heterocycles. The number of rotatable bonds is 3. The highest BCUT2D eigenvalue weighted by Crippen LogP contribution is 2.18. The van der Waals surface area contributed by atoms with Crippen molar-refractivity contribution in [3.05, 3.63) is 52.1 Å². The van der Waals surface area contributed by atoms with Gasteiger partial charge >= 0.3 is 6.01 Å².